The number of hydrogen-bond acceptors (Lipinski definition) is 7. The van der Waals surface area contributed by atoms with Crippen LogP contribution in [0.25, 0.3) is 0 Å². The highest BCUT2D eigenvalue weighted by molar-refractivity contribution is 5.89. The van der Waals surface area contributed by atoms with Gasteiger partial charge in [0.2, 0.25) is 0 Å². The van der Waals surface area contributed by atoms with E-state index in [4.69, 9.17) is 29.2 Å². The molecule has 1 unspecified atom stereocenters. The Morgan fingerprint density at radius 1 is 1.07 bits per heavy atom. The highest BCUT2D eigenvalue weighted by Gasteiger charge is 2.24. The van der Waals surface area contributed by atoms with Gasteiger partial charge in [0.15, 0.2) is 11.5 Å². The first kappa shape index (κ1) is 23.7. The molecule has 1 saturated heterocycles. The van der Waals surface area contributed by atoms with Crippen LogP contribution in [0.5, 0.6) is 11.5 Å². The Morgan fingerprint density at radius 2 is 1.67 bits per heavy atom. The summed E-state index contributed by atoms with van der Waals surface area (Å²) in [5.41, 5.74) is 2.56. The molecule has 0 saturated carbocycles. The maximum absolute atomic E-state index is 9.55. The van der Waals surface area contributed by atoms with E-state index < -0.39 is 11.9 Å². The van der Waals surface area contributed by atoms with Crippen molar-refractivity contribution in [3.63, 3.8) is 0 Å². The minimum Gasteiger partial charge on any atom is -0.493 e. The Hall–Kier alpha value is -2.62. The van der Waals surface area contributed by atoms with Crippen molar-refractivity contribution in [3.8, 4) is 11.5 Å². The molecule has 2 heterocycles. The Kier molecular flexibility index (Phi) is 9.59. The van der Waals surface area contributed by atoms with Crippen LogP contribution in [-0.2, 0) is 25.5 Å². The van der Waals surface area contributed by atoms with Gasteiger partial charge in [0.25, 0.3) is 0 Å². The molecule has 1 atom stereocenters. The molecular weight excluding hydrogens is 394 g/mol. The van der Waals surface area contributed by atoms with Crippen LogP contribution in [0.4, 0.5) is 0 Å². The summed E-state index contributed by atoms with van der Waals surface area (Å²) >= 11 is 0. The van der Waals surface area contributed by atoms with E-state index in [1.54, 1.807) is 14.2 Å². The zero-order valence-corrected chi connectivity index (χ0v) is 17.3. The number of nitrogens with zero attached hydrogens (tertiary/aromatic N) is 1. The van der Waals surface area contributed by atoms with Crippen LogP contribution >= 0.6 is 0 Å². The first-order valence-electron chi connectivity index (χ1n) is 9.75. The molecule has 0 aliphatic carbocycles. The summed E-state index contributed by atoms with van der Waals surface area (Å²) in [6.07, 6.45) is 3.20. The molecule has 2 N–H and O–H groups in total. The fourth-order valence-corrected chi connectivity index (χ4v) is 3.36. The van der Waals surface area contributed by atoms with Gasteiger partial charge >= 0.3 is 11.9 Å². The first-order valence-corrected chi connectivity index (χ1v) is 9.75. The Morgan fingerprint density at radius 3 is 2.23 bits per heavy atom. The second-order valence-corrected chi connectivity index (χ2v) is 6.77. The molecule has 0 bridgehead atoms. The Labute approximate surface area is 175 Å². The van der Waals surface area contributed by atoms with E-state index in [0.29, 0.717) is 12.2 Å². The number of carboxylic acids is 2. The summed E-state index contributed by atoms with van der Waals surface area (Å²) in [4.78, 5) is 21.6. The van der Waals surface area contributed by atoms with Crippen molar-refractivity contribution in [1.82, 2.24) is 4.90 Å². The fraction of sp³-hybridized carbons (Fsp3) is 0.524. The van der Waals surface area contributed by atoms with Crippen LogP contribution in [0.1, 0.15) is 23.7 Å². The van der Waals surface area contributed by atoms with Crippen molar-refractivity contribution in [3.05, 3.63) is 35.4 Å². The third-order valence-electron chi connectivity index (χ3n) is 4.86. The molecule has 166 valence electrons. The lowest BCUT2D eigenvalue weighted by Gasteiger charge is -2.31. The van der Waals surface area contributed by atoms with Gasteiger partial charge in [-0.15, -0.1) is 0 Å². The molecule has 30 heavy (non-hydrogen) atoms. The van der Waals surface area contributed by atoms with E-state index in [2.05, 4.69) is 17.0 Å². The summed E-state index contributed by atoms with van der Waals surface area (Å²) in [5, 5.41) is 15.6. The number of benzene rings is 1. The minimum atomic E-state index is -1.26. The van der Waals surface area contributed by atoms with Crippen LogP contribution in [0.2, 0.25) is 0 Å². The third-order valence-corrected chi connectivity index (χ3v) is 4.86. The number of hydrogen-bond donors (Lipinski definition) is 2. The molecule has 1 aromatic rings. The molecule has 9 nitrogen and oxygen atoms in total. The van der Waals surface area contributed by atoms with E-state index >= 15 is 0 Å². The zero-order valence-electron chi connectivity index (χ0n) is 17.3. The number of ether oxygens (including phenoxy) is 4. The van der Waals surface area contributed by atoms with Gasteiger partial charge in [-0.05, 0) is 36.1 Å². The largest absolute Gasteiger partial charge is 0.493 e. The molecule has 1 fully saturated rings. The van der Waals surface area contributed by atoms with Crippen molar-refractivity contribution in [2.24, 2.45) is 0 Å². The van der Waals surface area contributed by atoms with Gasteiger partial charge in [-0.3, -0.25) is 4.90 Å². The van der Waals surface area contributed by atoms with Gasteiger partial charge in [0.1, 0.15) is 0 Å². The van der Waals surface area contributed by atoms with Crippen LogP contribution < -0.4 is 9.47 Å². The first-order chi connectivity index (χ1) is 14.4. The number of aliphatic carboxylic acids is 2. The number of morpholine rings is 1. The minimum absolute atomic E-state index is 0.145. The SMILES string of the molecule is COc1cc2c(cc1OC)C(CCN1CCOCC1)OCC2.O=C(O)C=CC(=O)O. The summed E-state index contributed by atoms with van der Waals surface area (Å²) in [7, 11) is 3.36. The van der Waals surface area contributed by atoms with Gasteiger partial charge in [-0.25, -0.2) is 9.59 Å². The van der Waals surface area contributed by atoms with E-state index in [9.17, 15) is 9.59 Å². The molecule has 9 heteroatoms. The van der Waals surface area contributed by atoms with Crippen LogP contribution in [0, 0.1) is 0 Å². The van der Waals surface area contributed by atoms with Gasteiger partial charge in [0.05, 0.1) is 40.1 Å². The third kappa shape index (κ3) is 7.33. The number of fused-ring (bicyclic) bond motifs is 1. The van der Waals surface area contributed by atoms with Crippen molar-refractivity contribution in [2.75, 3.05) is 53.7 Å². The van der Waals surface area contributed by atoms with Gasteiger partial charge in [-0.1, -0.05) is 0 Å². The normalized spacial score (nSPS) is 18.8. The highest BCUT2D eigenvalue weighted by atomic mass is 16.5. The van der Waals surface area contributed by atoms with Crippen LogP contribution in [-0.4, -0.2) is 80.7 Å². The molecule has 0 aromatic heterocycles. The monoisotopic (exact) mass is 423 g/mol. The Balaban J connectivity index is 0.000000343. The summed E-state index contributed by atoms with van der Waals surface area (Å²) in [6, 6.07) is 4.18. The van der Waals surface area contributed by atoms with Crippen molar-refractivity contribution in [1.29, 1.82) is 0 Å². The maximum atomic E-state index is 9.55. The van der Waals surface area contributed by atoms with Crippen LogP contribution in [0.15, 0.2) is 24.3 Å². The average Bonchev–Trinajstić information content (AvgIpc) is 2.76. The zero-order chi connectivity index (χ0) is 21.9. The fourth-order valence-electron chi connectivity index (χ4n) is 3.36. The smallest absolute Gasteiger partial charge is 0.328 e. The van der Waals surface area contributed by atoms with E-state index in [1.165, 1.54) is 11.1 Å². The Bertz CT molecular complexity index is 727. The standard InChI is InChI=1S/C17H25NO4.C4H4O4/c1-19-16-11-13-4-8-22-15(14(13)12-17(16)20-2)3-5-18-6-9-21-10-7-18;5-3(6)1-2-4(7)8/h11-12,15H,3-10H2,1-2H3;1-2H,(H,5,6)(H,7,8). The predicted molar refractivity (Wildman–Crippen MR) is 108 cm³/mol. The second-order valence-electron chi connectivity index (χ2n) is 6.77. The number of rotatable bonds is 7. The molecule has 1 aromatic carbocycles. The quantitative estimate of drug-likeness (QED) is 0.633. The summed E-state index contributed by atoms with van der Waals surface area (Å²) in [6.45, 7) is 5.54. The summed E-state index contributed by atoms with van der Waals surface area (Å²) in [5.74, 6) is -0.932. The molecule has 3 rings (SSSR count). The maximum Gasteiger partial charge on any atom is 0.328 e. The molecule has 0 amide bonds. The van der Waals surface area contributed by atoms with Crippen LogP contribution in [0.3, 0.4) is 0 Å². The molecule has 0 radical (unpaired) electrons. The van der Waals surface area contributed by atoms with E-state index in [0.717, 1.165) is 63.8 Å². The van der Waals surface area contributed by atoms with E-state index in [-0.39, 0.29) is 6.10 Å². The lowest BCUT2D eigenvalue weighted by Crippen LogP contribution is -2.37. The molecule has 2 aliphatic heterocycles. The number of carbonyl (C=O) groups is 2. The van der Waals surface area contributed by atoms with Crippen molar-refractivity contribution < 1.29 is 38.7 Å². The average molecular weight is 423 g/mol. The lowest BCUT2D eigenvalue weighted by molar-refractivity contribution is -0.134. The molecule has 0 spiro atoms. The van der Waals surface area contributed by atoms with Gasteiger partial charge in [0, 0.05) is 31.8 Å². The topological polar surface area (TPSA) is 115 Å². The van der Waals surface area contributed by atoms with Gasteiger partial charge in [-0.2, -0.15) is 0 Å². The number of methoxy groups -OCH3 is 2. The van der Waals surface area contributed by atoms with Gasteiger partial charge < -0.3 is 29.2 Å². The lowest BCUT2D eigenvalue weighted by atomic mass is 9.94. The highest BCUT2D eigenvalue weighted by Crippen LogP contribution is 2.38. The molecule has 2 aliphatic rings. The number of carboxylic acid groups (broad SMARTS) is 2. The predicted octanol–water partition coefficient (Wildman–Crippen LogP) is 1.75. The van der Waals surface area contributed by atoms with Crippen molar-refractivity contribution in [2.45, 2.75) is 18.9 Å². The summed E-state index contributed by atoms with van der Waals surface area (Å²) < 4.78 is 22.3. The molecular formula is C21H29NO8. The van der Waals surface area contributed by atoms with E-state index in [1.807, 2.05) is 0 Å². The second kappa shape index (κ2) is 12.2. The van der Waals surface area contributed by atoms with Crippen molar-refractivity contribution >= 4 is 11.9 Å².